The third-order valence-corrected chi connectivity index (χ3v) is 4.05. The van der Waals surface area contributed by atoms with E-state index in [-0.39, 0.29) is 12.1 Å². The van der Waals surface area contributed by atoms with Crippen molar-refractivity contribution in [1.82, 2.24) is 15.3 Å². The van der Waals surface area contributed by atoms with Gasteiger partial charge in [0, 0.05) is 17.9 Å². The monoisotopic (exact) mass is 237 g/mol. The maximum absolute atomic E-state index is 9.67. The van der Waals surface area contributed by atoms with Crippen molar-refractivity contribution in [3.05, 3.63) is 18.2 Å². The van der Waals surface area contributed by atoms with E-state index in [9.17, 15) is 5.11 Å². The fraction of sp³-hybridized carbons (Fsp3) is 0.769. The van der Waals surface area contributed by atoms with Crippen LogP contribution >= 0.6 is 0 Å². The van der Waals surface area contributed by atoms with Gasteiger partial charge in [-0.25, -0.2) is 4.98 Å². The zero-order chi connectivity index (χ0) is 12.1. The van der Waals surface area contributed by atoms with Gasteiger partial charge in [-0.15, -0.1) is 0 Å². The Bertz CT molecular complexity index is 319. The molecule has 3 N–H and O–H groups in total. The third kappa shape index (κ3) is 3.07. The molecule has 1 aliphatic carbocycles. The van der Waals surface area contributed by atoms with Gasteiger partial charge >= 0.3 is 0 Å². The average Bonchev–Trinajstić information content (AvgIpc) is 2.90. The van der Waals surface area contributed by atoms with Gasteiger partial charge in [-0.05, 0) is 25.7 Å². The molecule has 0 spiro atoms. The molecule has 1 aromatic heterocycles. The molecule has 96 valence electrons. The van der Waals surface area contributed by atoms with Crippen LogP contribution in [0.4, 0.5) is 0 Å². The van der Waals surface area contributed by atoms with E-state index in [0.29, 0.717) is 12.5 Å². The fourth-order valence-electron chi connectivity index (χ4n) is 2.75. The first-order valence-electron chi connectivity index (χ1n) is 6.59. The number of hydrogen-bond donors (Lipinski definition) is 3. The van der Waals surface area contributed by atoms with Crippen molar-refractivity contribution in [3.8, 4) is 0 Å². The second-order valence-electron chi connectivity index (χ2n) is 5.30. The zero-order valence-corrected chi connectivity index (χ0v) is 10.6. The Balaban J connectivity index is 1.93. The highest BCUT2D eigenvalue weighted by atomic mass is 16.3. The molecule has 2 rings (SSSR count). The van der Waals surface area contributed by atoms with Crippen LogP contribution in [0, 0.1) is 5.92 Å². The summed E-state index contributed by atoms with van der Waals surface area (Å²) in [7, 11) is 0. The molecule has 0 saturated heterocycles. The zero-order valence-electron chi connectivity index (χ0n) is 10.6. The van der Waals surface area contributed by atoms with E-state index >= 15 is 0 Å². The van der Waals surface area contributed by atoms with Crippen molar-refractivity contribution in [3.63, 3.8) is 0 Å². The second-order valence-corrected chi connectivity index (χ2v) is 5.30. The minimum atomic E-state index is -0.173. The Kier molecular flexibility index (Phi) is 4.18. The quantitative estimate of drug-likeness (QED) is 0.732. The standard InChI is InChI=1S/C13H23N3O/c1-13(10-17,11-5-3-2-4-6-11)16-9-12-14-7-8-15-12/h7-8,11,16-17H,2-6,9-10H2,1H3,(H,14,15)/t13-/m0/s1. The lowest BCUT2D eigenvalue weighted by Gasteiger charge is -2.39. The first-order chi connectivity index (χ1) is 8.24. The summed E-state index contributed by atoms with van der Waals surface area (Å²) in [5.41, 5.74) is -0.173. The fourth-order valence-corrected chi connectivity index (χ4v) is 2.75. The molecule has 17 heavy (non-hydrogen) atoms. The summed E-state index contributed by atoms with van der Waals surface area (Å²) in [5, 5.41) is 13.1. The second kappa shape index (κ2) is 5.65. The van der Waals surface area contributed by atoms with E-state index < -0.39 is 0 Å². The lowest BCUT2D eigenvalue weighted by atomic mass is 9.76. The SMILES string of the molecule is C[C@@](CO)(NCc1ncc[nH]1)C1CCCCC1. The van der Waals surface area contributed by atoms with Crippen LogP contribution in [0.25, 0.3) is 0 Å². The van der Waals surface area contributed by atoms with Crippen molar-refractivity contribution in [2.24, 2.45) is 5.92 Å². The number of hydrogen-bond acceptors (Lipinski definition) is 3. The number of aliphatic hydroxyl groups excluding tert-OH is 1. The Morgan fingerprint density at radius 1 is 1.47 bits per heavy atom. The molecule has 1 aromatic rings. The molecule has 0 amide bonds. The molecule has 0 bridgehead atoms. The number of aliphatic hydroxyl groups is 1. The summed E-state index contributed by atoms with van der Waals surface area (Å²) in [6, 6.07) is 0. The number of nitrogens with one attached hydrogen (secondary N) is 2. The van der Waals surface area contributed by atoms with Crippen LogP contribution in [0.3, 0.4) is 0 Å². The minimum Gasteiger partial charge on any atom is -0.394 e. The third-order valence-electron chi connectivity index (χ3n) is 4.05. The molecule has 1 heterocycles. The number of imidazole rings is 1. The van der Waals surface area contributed by atoms with Crippen molar-refractivity contribution < 1.29 is 5.11 Å². The molecule has 1 atom stereocenters. The molecule has 0 aromatic carbocycles. The molecule has 0 unspecified atom stereocenters. The van der Waals surface area contributed by atoms with E-state index in [1.54, 1.807) is 6.20 Å². The highest BCUT2D eigenvalue weighted by molar-refractivity contribution is 4.94. The minimum absolute atomic E-state index is 0.173. The number of H-pyrrole nitrogens is 1. The highest BCUT2D eigenvalue weighted by Gasteiger charge is 2.33. The summed E-state index contributed by atoms with van der Waals surface area (Å²) in [4.78, 5) is 7.28. The van der Waals surface area contributed by atoms with E-state index in [4.69, 9.17) is 0 Å². The summed E-state index contributed by atoms with van der Waals surface area (Å²) in [6.45, 7) is 3.02. The van der Waals surface area contributed by atoms with Crippen LogP contribution in [0.5, 0.6) is 0 Å². The van der Waals surface area contributed by atoms with Crippen molar-refractivity contribution in [2.45, 2.75) is 51.1 Å². The Labute approximate surface area is 103 Å². The molecule has 1 fully saturated rings. The van der Waals surface area contributed by atoms with Crippen molar-refractivity contribution in [1.29, 1.82) is 0 Å². The van der Waals surface area contributed by atoms with Crippen LogP contribution < -0.4 is 5.32 Å². The molecule has 0 radical (unpaired) electrons. The topological polar surface area (TPSA) is 60.9 Å². The molecule has 1 aliphatic rings. The van der Waals surface area contributed by atoms with Crippen LogP contribution in [-0.2, 0) is 6.54 Å². The van der Waals surface area contributed by atoms with Gasteiger partial charge in [-0.2, -0.15) is 0 Å². The van der Waals surface area contributed by atoms with Crippen LogP contribution in [0.2, 0.25) is 0 Å². The van der Waals surface area contributed by atoms with Gasteiger partial charge in [0.2, 0.25) is 0 Å². The van der Waals surface area contributed by atoms with Gasteiger partial charge in [0.1, 0.15) is 5.82 Å². The normalized spacial score (nSPS) is 21.3. The van der Waals surface area contributed by atoms with Crippen molar-refractivity contribution >= 4 is 0 Å². The predicted octanol–water partition coefficient (Wildman–Crippen LogP) is 1.83. The summed E-state index contributed by atoms with van der Waals surface area (Å²) in [5.74, 6) is 1.51. The van der Waals surface area contributed by atoms with Gasteiger partial charge in [0.25, 0.3) is 0 Å². The predicted molar refractivity (Wildman–Crippen MR) is 67.5 cm³/mol. The molecular formula is C13H23N3O. The number of aromatic amines is 1. The summed E-state index contributed by atoms with van der Waals surface area (Å²) < 4.78 is 0. The molecule has 0 aliphatic heterocycles. The molecule has 1 saturated carbocycles. The summed E-state index contributed by atoms with van der Waals surface area (Å²) in [6.07, 6.45) is 9.97. The van der Waals surface area contributed by atoms with Gasteiger partial charge in [-0.3, -0.25) is 0 Å². The number of aromatic nitrogens is 2. The average molecular weight is 237 g/mol. The number of rotatable bonds is 5. The first kappa shape index (κ1) is 12.6. The largest absolute Gasteiger partial charge is 0.394 e. The summed E-state index contributed by atoms with van der Waals surface area (Å²) >= 11 is 0. The maximum atomic E-state index is 9.67. The molecule has 4 heteroatoms. The lowest BCUT2D eigenvalue weighted by Crippen LogP contribution is -2.52. The van der Waals surface area contributed by atoms with Crippen LogP contribution in [-0.4, -0.2) is 27.2 Å². The maximum Gasteiger partial charge on any atom is 0.120 e. The number of nitrogens with zero attached hydrogens (tertiary/aromatic N) is 1. The van der Waals surface area contributed by atoms with E-state index in [0.717, 1.165) is 5.82 Å². The van der Waals surface area contributed by atoms with Gasteiger partial charge in [0.15, 0.2) is 0 Å². The Morgan fingerprint density at radius 3 is 2.82 bits per heavy atom. The molecular weight excluding hydrogens is 214 g/mol. The van der Waals surface area contributed by atoms with Crippen LogP contribution in [0.1, 0.15) is 44.9 Å². The Morgan fingerprint density at radius 2 is 2.24 bits per heavy atom. The first-order valence-corrected chi connectivity index (χ1v) is 6.59. The Hall–Kier alpha value is -0.870. The highest BCUT2D eigenvalue weighted by Crippen LogP contribution is 2.32. The molecule has 4 nitrogen and oxygen atoms in total. The van der Waals surface area contributed by atoms with E-state index in [2.05, 4.69) is 22.2 Å². The lowest BCUT2D eigenvalue weighted by molar-refractivity contribution is 0.0931. The van der Waals surface area contributed by atoms with Gasteiger partial charge in [-0.1, -0.05) is 19.3 Å². The van der Waals surface area contributed by atoms with E-state index in [1.807, 2.05) is 6.20 Å². The van der Waals surface area contributed by atoms with Crippen molar-refractivity contribution in [2.75, 3.05) is 6.61 Å². The van der Waals surface area contributed by atoms with E-state index in [1.165, 1.54) is 32.1 Å². The van der Waals surface area contributed by atoms with Gasteiger partial charge in [0.05, 0.1) is 13.2 Å². The van der Waals surface area contributed by atoms with Gasteiger partial charge < -0.3 is 15.4 Å². The smallest absolute Gasteiger partial charge is 0.120 e. The van der Waals surface area contributed by atoms with Crippen LogP contribution in [0.15, 0.2) is 12.4 Å².